The molecule has 210 valence electrons. The van der Waals surface area contributed by atoms with Crippen LogP contribution >= 0.6 is 0 Å². The van der Waals surface area contributed by atoms with Gasteiger partial charge in [-0.25, -0.2) is 4.79 Å². The number of hydrogen-bond donors (Lipinski definition) is 1. The van der Waals surface area contributed by atoms with Crippen molar-refractivity contribution in [1.29, 1.82) is 0 Å². The third-order valence-electron chi connectivity index (χ3n) is 6.25. The largest absolute Gasteiger partial charge is 0.496 e. The summed E-state index contributed by atoms with van der Waals surface area (Å²) in [4.78, 5) is 14.7. The van der Waals surface area contributed by atoms with Gasteiger partial charge in [0.25, 0.3) is 0 Å². The first-order valence-electron chi connectivity index (χ1n) is 12.2. The van der Waals surface area contributed by atoms with Crippen LogP contribution in [0.15, 0.2) is 48.5 Å². The van der Waals surface area contributed by atoms with Gasteiger partial charge >= 0.3 is 18.4 Å². The lowest BCUT2D eigenvalue weighted by Crippen LogP contribution is -2.51. The van der Waals surface area contributed by atoms with Crippen molar-refractivity contribution in [2.45, 2.75) is 76.1 Å². The highest BCUT2D eigenvalue weighted by atomic mass is 19.4. The van der Waals surface area contributed by atoms with Crippen molar-refractivity contribution in [3.05, 3.63) is 65.2 Å². The number of piperidine rings is 1. The Morgan fingerprint density at radius 3 is 2.21 bits per heavy atom. The van der Waals surface area contributed by atoms with E-state index >= 15 is 0 Å². The zero-order valence-corrected chi connectivity index (χ0v) is 21.6. The monoisotopic (exact) mass is 546 g/mol. The summed E-state index contributed by atoms with van der Waals surface area (Å²) in [7, 11) is 1.29. The standard InChI is InChI=1S/C27H32F6N2O3/c1-25(2,3)38-24(36)35-14-8-11-20(22(35)17-9-6-5-7-10-17)34-16-19-15-18(12-13-21(19)37-4)23(26(28,29)30)27(31,32)33/h5-7,9-10,12-13,15,20,22-23,34H,8,11,14,16H2,1-4H3/t20-,22-/m0/s1. The van der Waals surface area contributed by atoms with Crippen LogP contribution in [-0.2, 0) is 11.3 Å². The number of nitrogens with zero attached hydrogens (tertiary/aromatic N) is 1. The predicted octanol–water partition coefficient (Wildman–Crippen LogP) is 7.13. The van der Waals surface area contributed by atoms with Gasteiger partial charge in [-0.15, -0.1) is 0 Å². The third-order valence-corrected chi connectivity index (χ3v) is 6.25. The van der Waals surface area contributed by atoms with Crippen molar-refractivity contribution in [3.63, 3.8) is 0 Å². The smallest absolute Gasteiger partial charge is 0.410 e. The lowest BCUT2D eigenvalue weighted by molar-refractivity contribution is -0.253. The molecule has 1 aliphatic rings. The van der Waals surface area contributed by atoms with E-state index in [1.165, 1.54) is 7.11 Å². The Kier molecular flexibility index (Phi) is 8.90. The Bertz CT molecular complexity index is 1070. The molecule has 1 amide bonds. The number of nitrogens with one attached hydrogen (secondary N) is 1. The van der Waals surface area contributed by atoms with E-state index in [4.69, 9.17) is 9.47 Å². The number of likely N-dealkylation sites (tertiary alicyclic amines) is 1. The average Bonchev–Trinajstić information content (AvgIpc) is 2.80. The SMILES string of the molecule is COc1ccc(C(C(F)(F)F)C(F)(F)F)cc1CN[C@H]1CCCN(C(=O)OC(C)(C)C)[C@H]1c1ccccc1. The molecule has 0 saturated carbocycles. The van der Waals surface area contributed by atoms with E-state index in [-0.39, 0.29) is 23.9 Å². The molecule has 1 heterocycles. The van der Waals surface area contributed by atoms with Gasteiger partial charge in [0, 0.05) is 24.7 Å². The normalized spacial score (nSPS) is 19.0. The van der Waals surface area contributed by atoms with Gasteiger partial charge in [0.2, 0.25) is 0 Å². The topological polar surface area (TPSA) is 50.8 Å². The fourth-order valence-corrected chi connectivity index (χ4v) is 4.72. The Morgan fingerprint density at radius 1 is 1.03 bits per heavy atom. The number of rotatable bonds is 6. The molecule has 0 aromatic heterocycles. The van der Waals surface area contributed by atoms with E-state index in [0.717, 1.165) is 23.8 Å². The molecule has 38 heavy (non-hydrogen) atoms. The van der Waals surface area contributed by atoms with Crippen molar-refractivity contribution >= 4 is 6.09 Å². The van der Waals surface area contributed by atoms with Crippen molar-refractivity contribution < 1.29 is 40.6 Å². The maximum atomic E-state index is 13.4. The van der Waals surface area contributed by atoms with Crippen molar-refractivity contribution in [2.24, 2.45) is 0 Å². The number of benzene rings is 2. The Balaban J connectivity index is 1.92. The van der Waals surface area contributed by atoms with Crippen LogP contribution in [-0.4, -0.2) is 48.6 Å². The molecule has 11 heteroatoms. The second-order valence-electron chi connectivity index (χ2n) is 10.2. The lowest BCUT2D eigenvalue weighted by atomic mass is 9.90. The van der Waals surface area contributed by atoms with E-state index in [1.807, 2.05) is 30.3 Å². The molecule has 1 N–H and O–H groups in total. The van der Waals surface area contributed by atoms with E-state index in [2.05, 4.69) is 5.32 Å². The summed E-state index contributed by atoms with van der Waals surface area (Å²) in [6, 6.07) is 11.2. The molecule has 1 fully saturated rings. The zero-order valence-electron chi connectivity index (χ0n) is 21.6. The van der Waals surface area contributed by atoms with E-state index < -0.39 is 41.6 Å². The second-order valence-corrected chi connectivity index (χ2v) is 10.2. The van der Waals surface area contributed by atoms with Crippen LogP contribution in [0.5, 0.6) is 5.75 Å². The van der Waals surface area contributed by atoms with Gasteiger partial charge in [0.05, 0.1) is 13.2 Å². The quantitative estimate of drug-likeness (QED) is 0.392. The molecule has 3 rings (SSSR count). The van der Waals surface area contributed by atoms with Crippen LogP contribution in [0.1, 0.15) is 62.3 Å². The summed E-state index contributed by atoms with van der Waals surface area (Å²) in [6.07, 6.45) is -10.3. The Morgan fingerprint density at radius 2 is 1.66 bits per heavy atom. The average molecular weight is 547 g/mol. The molecule has 2 aromatic rings. The Hall–Kier alpha value is -2.95. The van der Waals surface area contributed by atoms with Crippen LogP contribution in [0.4, 0.5) is 31.1 Å². The van der Waals surface area contributed by atoms with E-state index in [1.54, 1.807) is 25.7 Å². The van der Waals surface area contributed by atoms with Crippen molar-refractivity contribution in [2.75, 3.05) is 13.7 Å². The molecule has 0 aliphatic carbocycles. The van der Waals surface area contributed by atoms with Gasteiger partial charge in [-0.2, -0.15) is 26.3 Å². The first-order chi connectivity index (χ1) is 17.6. The van der Waals surface area contributed by atoms with Gasteiger partial charge < -0.3 is 14.8 Å². The molecule has 0 bridgehead atoms. The van der Waals surface area contributed by atoms with E-state index in [0.29, 0.717) is 19.4 Å². The zero-order chi connectivity index (χ0) is 28.3. The van der Waals surface area contributed by atoms with Gasteiger partial charge in [0.1, 0.15) is 11.4 Å². The summed E-state index contributed by atoms with van der Waals surface area (Å²) < 4.78 is 90.9. The summed E-state index contributed by atoms with van der Waals surface area (Å²) in [5, 5.41) is 3.26. The molecule has 0 radical (unpaired) electrons. The summed E-state index contributed by atoms with van der Waals surface area (Å²) in [5.41, 5.74) is -0.670. The van der Waals surface area contributed by atoms with Crippen molar-refractivity contribution in [3.8, 4) is 5.75 Å². The third kappa shape index (κ3) is 7.33. The summed E-state index contributed by atoms with van der Waals surface area (Å²) >= 11 is 0. The minimum absolute atomic E-state index is 0.0738. The molecule has 5 nitrogen and oxygen atoms in total. The molecule has 2 aromatic carbocycles. The molecule has 0 spiro atoms. The van der Waals surface area contributed by atoms with Crippen LogP contribution in [0.25, 0.3) is 0 Å². The van der Waals surface area contributed by atoms with Crippen LogP contribution in [0, 0.1) is 0 Å². The van der Waals surface area contributed by atoms with E-state index in [9.17, 15) is 31.1 Å². The summed E-state index contributed by atoms with van der Waals surface area (Å²) in [6.45, 7) is 5.64. The molecular weight excluding hydrogens is 514 g/mol. The van der Waals surface area contributed by atoms with Crippen LogP contribution in [0.3, 0.4) is 0 Å². The minimum atomic E-state index is -5.51. The number of amides is 1. The fraction of sp³-hybridized carbons (Fsp3) is 0.519. The van der Waals surface area contributed by atoms with Gasteiger partial charge in [-0.3, -0.25) is 4.90 Å². The summed E-state index contributed by atoms with van der Waals surface area (Å²) in [5.74, 6) is -3.46. The van der Waals surface area contributed by atoms with Gasteiger partial charge in [-0.05, 0) is 56.9 Å². The number of carbonyl (C=O) groups excluding carboxylic acids is 1. The number of halogens is 6. The molecule has 1 aliphatic heterocycles. The highest BCUT2D eigenvalue weighted by molar-refractivity contribution is 5.69. The van der Waals surface area contributed by atoms with Crippen LogP contribution < -0.4 is 10.1 Å². The lowest BCUT2D eigenvalue weighted by Gasteiger charge is -2.42. The van der Waals surface area contributed by atoms with Gasteiger partial charge in [-0.1, -0.05) is 36.4 Å². The number of carbonyl (C=O) groups is 1. The number of alkyl halides is 6. The Labute approximate surface area is 218 Å². The fourth-order valence-electron chi connectivity index (χ4n) is 4.72. The molecule has 1 saturated heterocycles. The van der Waals surface area contributed by atoms with Crippen LogP contribution in [0.2, 0.25) is 0 Å². The maximum Gasteiger partial charge on any atom is 0.410 e. The van der Waals surface area contributed by atoms with Crippen molar-refractivity contribution in [1.82, 2.24) is 10.2 Å². The molecule has 0 unspecified atom stereocenters. The second kappa shape index (κ2) is 11.4. The maximum absolute atomic E-state index is 13.4. The first kappa shape index (κ1) is 29.6. The first-order valence-corrected chi connectivity index (χ1v) is 12.2. The highest BCUT2D eigenvalue weighted by Gasteiger charge is 2.57. The molecular formula is C27H32F6N2O3. The number of methoxy groups -OCH3 is 1. The number of hydrogen-bond acceptors (Lipinski definition) is 4. The van der Waals surface area contributed by atoms with Gasteiger partial charge in [0.15, 0.2) is 5.92 Å². The number of ether oxygens (including phenoxy) is 2. The predicted molar refractivity (Wildman–Crippen MR) is 130 cm³/mol. The minimum Gasteiger partial charge on any atom is -0.496 e. The molecule has 2 atom stereocenters. The highest BCUT2D eigenvalue weighted by Crippen LogP contribution is 2.47.